The molecule has 1 unspecified atom stereocenters. The van der Waals surface area contributed by atoms with Crippen LogP contribution in [-0.4, -0.2) is 47.4 Å². The van der Waals surface area contributed by atoms with Gasteiger partial charge in [0.1, 0.15) is 6.10 Å². The van der Waals surface area contributed by atoms with E-state index in [2.05, 4.69) is 31.7 Å². The normalized spacial score (nSPS) is 20.9. The van der Waals surface area contributed by atoms with Crippen molar-refractivity contribution in [3.05, 3.63) is 46.2 Å². The van der Waals surface area contributed by atoms with E-state index >= 15 is 0 Å². The van der Waals surface area contributed by atoms with Crippen molar-refractivity contribution in [2.45, 2.75) is 32.3 Å². The van der Waals surface area contributed by atoms with Crippen molar-refractivity contribution in [1.82, 2.24) is 20.4 Å². The van der Waals surface area contributed by atoms with Crippen molar-refractivity contribution in [3.8, 4) is 5.69 Å². The van der Waals surface area contributed by atoms with Gasteiger partial charge in [-0.25, -0.2) is 4.68 Å². The van der Waals surface area contributed by atoms with Crippen LogP contribution in [0.2, 0.25) is 0 Å². The molecule has 2 aliphatic rings. The Morgan fingerprint density at radius 1 is 1.36 bits per heavy atom. The molecule has 0 radical (unpaired) electrons. The number of aromatic nitrogens is 2. The molecule has 1 aromatic carbocycles. The number of carbonyl (C=O) groups excluding carboxylic acids is 2. The van der Waals surface area contributed by atoms with E-state index in [0.717, 1.165) is 41.8 Å². The van der Waals surface area contributed by atoms with Crippen LogP contribution in [0.4, 0.5) is 0 Å². The van der Waals surface area contributed by atoms with Gasteiger partial charge in [0.05, 0.1) is 35.1 Å². The molecule has 1 amide bonds. The Labute approximate surface area is 172 Å². The van der Waals surface area contributed by atoms with Gasteiger partial charge < -0.3 is 15.4 Å². The van der Waals surface area contributed by atoms with E-state index in [1.165, 1.54) is 0 Å². The third-order valence-corrected chi connectivity index (χ3v) is 6.23. The molecule has 1 aromatic heterocycles. The van der Waals surface area contributed by atoms with Crippen LogP contribution >= 0.6 is 15.9 Å². The van der Waals surface area contributed by atoms with Gasteiger partial charge in [-0.1, -0.05) is 15.9 Å². The highest BCUT2D eigenvalue weighted by Gasteiger charge is 2.49. The Morgan fingerprint density at radius 3 is 2.79 bits per heavy atom. The highest BCUT2D eigenvalue weighted by atomic mass is 79.9. The van der Waals surface area contributed by atoms with Gasteiger partial charge in [-0.05, 0) is 57.1 Å². The maximum absolute atomic E-state index is 12.6. The SMILES string of the molecule is Cc1c(C(=O)NCC2CC3(CCNCC3)C(=O)O2)cnn1-c1ccc(Br)cc1. The van der Waals surface area contributed by atoms with Crippen LogP contribution in [0.5, 0.6) is 0 Å². The third-order valence-electron chi connectivity index (χ3n) is 5.70. The number of esters is 1. The van der Waals surface area contributed by atoms with Gasteiger partial charge in [0.15, 0.2) is 0 Å². The molecule has 8 heteroatoms. The van der Waals surface area contributed by atoms with E-state index in [0.29, 0.717) is 18.5 Å². The summed E-state index contributed by atoms with van der Waals surface area (Å²) in [5.41, 5.74) is 1.79. The zero-order valence-electron chi connectivity index (χ0n) is 15.7. The maximum atomic E-state index is 12.6. The summed E-state index contributed by atoms with van der Waals surface area (Å²) < 4.78 is 8.27. The summed E-state index contributed by atoms with van der Waals surface area (Å²) in [4.78, 5) is 25.0. The number of hydrogen-bond acceptors (Lipinski definition) is 5. The minimum absolute atomic E-state index is 0.118. The van der Waals surface area contributed by atoms with Gasteiger partial charge in [-0.3, -0.25) is 9.59 Å². The minimum Gasteiger partial charge on any atom is -0.460 e. The lowest BCUT2D eigenvalue weighted by Gasteiger charge is -2.29. The highest BCUT2D eigenvalue weighted by molar-refractivity contribution is 9.10. The molecule has 2 aliphatic heterocycles. The zero-order chi connectivity index (χ0) is 19.7. The highest BCUT2D eigenvalue weighted by Crippen LogP contribution is 2.41. The van der Waals surface area contributed by atoms with E-state index < -0.39 is 0 Å². The van der Waals surface area contributed by atoms with E-state index in [1.807, 2.05) is 31.2 Å². The van der Waals surface area contributed by atoms with Crippen LogP contribution in [0, 0.1) is 12.3 Å². The van der Waals surface area contributed by atoms with E-state index in [1.54, 1.807) is 10.9 Å². The molecule has 28 heavy (non-hydrogen) atoms. The van der Waals surface area contributed by atoms with Gasteiger partial charge in [-0.2, -0.15) is 5.10 Å². The average Bonchev–Trinajstić information content (AvgIpc) is 3.22. The number of nitrogens with zero attached hydrogens (tertiary/aromatic N) is 2. The lowest BCUT2D eigenvalue weighted by atomic mass is 9.76. The first-order chi connectivity index (χ1) is 13.5. The number of halogens is 1. The molecule has 2 fully saturated rings. The van der Waals surface area contributed by atoms with Gasteiger partial charge >= 0.3 is 5.97 Å². The smallest absolute Gasteiger partial charge is 0.312 e. The first-order valence-corrected chi connectivity index (χ1v) is 10.3. The van der Waals surface area contributed by atoms with E-state index in [9.17, 15) is 9.59 Å². The van der Waals surface area contributed by atoms with Crippen molar-refractivity contribution in [1.29, 1.82) is 0 Å². The number of ether oxygens (including phenoxy) is 1. The number of nitrogens with one attached hydrogen (secondary N) is 2. The predicted molar refractivity (Wildman–Crippen MR) is 107 cm³/mol. The van der Waals surface area contributed by atoms with Crippen molar-refractivity contribution >= 4 is 27.8 Å². The van der Waals surface area contributed by atoms with Crippen LogP contribution in [0.1, 0.15) is 35.3 Å². The first-order valence-electron chi connectivity index (χ1n) is 9.49. The van der Waals surface area contributed by atoms with Crippen LogP contribution in [0.3, 0.4) is 0 Å². The van der Waals surface area contributed by atoms with Crippen LogP contribution in [0.25, 0.3) is 5.69 Å². The largest absolute Gasteiger partial charge is 0.460 e. The van der Waals surface area contributed by atoms with Crippen LogP contribution in [-0.2, 0) is 9.53 Å². The first kappa shape index (κ1) is 19.1. The number of piperidine rings is 1. The predicted octanol–water partition coefficient (Wildman–Crippen LogP) is 2.36. The third kappa shape index (κ3) is 3.58. The fourth-order valence-corrected chi connectivity index (χ4v) is 4.31. The zero-order valence-corrected chi connectivity index (χ0v) is 17.3. The Hall–Kier alpha value is -2.19. The Bertz CT molecular complexity index is 887. The number of hydrogen-bond donors (Lipinski definition) is 2. The van der Waals surface area contributed by atoms with Crippen molar-refractivity contribution < 1.29 is 14.3 Å². The molecule has 148 valence electrons. The molecule has 0 aliphatic carbocycles. The molecular weight excluding hydrogens is 424 g/mol. The lowest BCUT2D eigenvalue weighted by molar-refractivity contribution is -0.149. The van der Waals surface area contributed by atoms with Crippen molar-refractivity contribution in [3.63, 3.8) is 0 Å². The second-order valence-corrected chi connectivity index (χ2v) is 8.42. The fraction of sp³-hybridized carbons (Fsp3) is 0.450. The molecule has 4 rings (SSSR count). The van der Waals surface area contributed by atoms with Crippen molar-refractivity contribution in [2.24, 2.45) is 5.41 Å². The monoisotopic (exact) mass is 446 g/mol. The van der Waals surface area contributed by atoms with Gasteiger partial charge in [0, 0.05) is 10.9 Å². The van der Waals surface area contributed by atoms with E-state index in [4.69, 9.17) is 4.74 Å². The van der Waals surface area contributed by atoms with E-state index in [-0.39, 0.29) is 23.4 Å². The number of benzene rings is 1. The number of amides is 1. The topological polar surface area (TPSA) is 85.2 Å². The lowest BCUT2D eigenvalue weighted by Crippen LogP contribution is -2.39. The summed E-state index contributed by atoms with van der Waals surface area (Å²) in [7, 11) is 0. The molecule has 0 saturated carbocycles. The molecule has 2 saturated heterocycles. The molecule has 0 bridgehead atoms. The summed E-state index contributed by atoms with van der Waals surface area (Å²) in [6.07, 6.45) is 3.58. The van der Waals surface area contributed by atoms with Crippen molar-refractivity contribution in [2.75, 3.05) is 19.6 Å². The molecular formula is C20H23BrN4O3. The molecule has 1 atom stereocenters. The summed E-state index contributed by atoms with van der Waals surface area (Å²) in [6, 6.07) is 7.73. The molecule has 7 nitrogen and oxygen atoms in total. The minimum atomic E-state index is -0.372. The average molecular weight is 447 g/mol. The Balaban J connectivity index is 1.40. The Kier molecular flexibility index (Phi) is 5.25. The van der Waals surface area contributed by atoms with Crippen LogP contribution in [0.15, 0.2) is 34.9 Å². The van der Waals surface area contributed by atoms with Gasteiger partial charge in [-0.15, -0.1) is 0 Å². The second kappa shape index (κ2) is 7.67. The Morgan fingerprint density at radius 2 is 2.07 bits per heavy atom. The fourth-order valence-electron chi connectivity index (χ4n) is 4.04. The van der Waals surface area contributed by atoms with Crippen LogP contribution < -0.4 is 10.6 Å². The summed E-state index contributed by atoms with van der Waals surface area (Å²) in [5.74, 6) is -0.323. The van der Waals surface area contributed by atoms with Gasteiger partial charge in [0.25, 0.3) is 5.91 Å². The number of carbonyl (C=O) groups is 2. The second-order valence-electron chi connectivity index (χ2n) is 7.50. The van der Waals surface area contributed by atoms with Gasteiger partial charge in [0.2, 0.25) is 0 Å². The molecule has 1 spiro atoms. The number of cyclic esters (lactones) is 1. The molecule has 2 aromatic rings. The molecule has 3 heterocycles. The number of rotatable bonds is 4. The quantitative estimate of drug-likeness (QED) is 0.704. The maximum Gasteiger partial charge on any atom is 0.312 e. The standard InChI is InChI=1S/C20H23BrN4O3/c1-13-17(12-24-25(13)15-4-2-14(21)3-5-15)18(26)23-11-16-10-20(19(27)28-16)6-8-22-9-7-20/h2-5,12,16,22H,6-11H2,1H3,(H,23,26). The summed E-state index contributed by atoms with van der Waals surface area (Å²) in [5, 5.41) is 10.5. The molecule has 2 N–H and O–H groups in total. The summed E-state index contributed by atoms with van der Waals surface area (Å²) in [6.45, 7) is 3.86. The summed E-state index contributed by atoms with van der Waals surface area (Å²) >= 11 is 3.42.